The molecule has 0 spiro atoms. The minimum Gasteiger partial charge on any atom is -0.494 e. The van der Waals surface area contributed by atoms with E-state index < -0.39 is 6.04 Å². The number of aryl methyl sites for hydroxylation is 1. The molecule has 1 atom stereocenters. The van der Waals surface area contributed by atoms with Crippen molar-refractivity contribution in [3.05, 3.63) is 47.4 Å². The van der Waals surface area contributed by atoms with E-state index in [9.17, 15) is 9.59 Å². The normalized spacial score (nSPS) is 14.9. The molecule has 8 heteroatoms. The summed E-state index contributed by atoms with van der Waals surface area (Å²) in [6.45, 7) is 15.1. The van der Waals surface area contributed by atoms with Gasteiger partial charge in [0.25, 0.3) is 5.91 Å². The summed E-state index contributed by atoms with van der Waals surface area (Å²) in [5.74, 6) is 2.38. The number of anilines is 1. The van der Waals surface area contributed by atoms with E-state index in [2.05, 4.69) is 29.0 Å². The third-order valence-corrected chi connectivity index (χ3v) is 5.94. The Bertz CT molecular complexity index is 982. The average Bonchev–Trinajstić information content (AvgIpc) is 2.82. The molecule has 0 radical (unpaired) electrons. The van der Waals surface area contributed by atoms with Crippen molar-refractivity contribution >= 4 is 17.6 Å². The minimum absolute atomic E-state index is 0.0321. The Hall–Kier alpha value is -3.16. The van der Waals surface area contributed by atoms with E-state index in [4.69, 9.17) is 9.72 Å². The van der Waals surface area contributed by atoms with Crippen LogP contribution in [0.15, 0.2) is 30.3 Å². The first-order valence-corrected chi connectivity index (χ1v) is 12.1. The van der Waals surface area contributed by atoms with Crippen molar-refractivity contribution in [3.8, 4) is 5.75 Å². The molecule has 184 valence electrons. The van der Waals surface area contributed by atoms with Gasteiger partial charge in [0, 0.05) is 49.4 Å². The topological polar surface area (TPSA) is 87.7 Å². The molecule has 2 aromatic rings. The number of amides is 2. The van der Waals surface area contributed by atoms with Gasteiger partial charge >= 0.3 is 0 Å². The van der Waals surface area contributed by atoms with Gasteiger partial charge in [-0.05, 0) is 44.0 Å². The molecule has 8 nitrogen and oxygen atoms in total. The van der Waals surface area contributed by atoms with Crippen LogP contribution >= 0.6 is 0 Å². The molecule has 1 aromatic carbocycles. The number of carbonyl (C=O) groups excluding carboxylic acids is 2. The van der Waals surface area contributed by atoms with E-state index >= 15 is 0 Å². The van der Waals surface area contributed by atoms with Crippen molar-refractivity contribution in [2.24, 2.45) is 5.92 Å². The van der Waals surface area contributed by atoms with Gasteiger partial charge in [0.2, 0.25) is 5.91 Å². The maximum absolute atomic E-state index is 13.3. The van der Waals surface area contributed by atoms with Crippen LogP contribution in [0.3, 0.4) is 0 Å². The molecule has 1 aromatic heterocycles. The molecule has 1 N–H and O–H groups in total. The van der Waals surface area contributed by atoms with Crippen molar-refractivity contribution in [1.29, 1.82) is 0 Å². The third kappa shape index (κ3) is 6.24. The average molecular weight is 468 g/mol. The minimum atomic E-state index is -0.584. The van der Waals surface area contributed by atoms with Crippen LogP contribution in [0, 0.1) is 12.8 Å². The molecule has 1 aliphatic rings. The molecule has 1 fully saturated rings. The van der Waals surface area contributed by atoms with E-state index in [-0.39, 0.29) is 23.7 Å². The Balaban J connectivity index is 1.63. The lowest BCUT2D eigenvalue weighted by molar-refractivity contribution is -0.134. The first-order chi connectivity index (χ1) is 16.2. The number of ether oxygens (including phenoxy) is 1. The SMILES string of the molecule is CCOc1ccc(C(=O)N[C@H](C(=O)N2CCN(c3cc(C)nc(C(C)C)n3)CC2)C(C)C)cc1. The number of nitrogens with zero attached hydrogens (tertiary/aromatic N) is 4. The number of rotatable bonds is 8. The van der Waals surface area contributed by atoms with Gasteiger partial charge in [-0.25, -0.2) is 9.97 Å². The standard InChI is InChI=1S/C26H37N5O3/c1-7-34-21-10-8-20(9-11-21)25(32)29-23(17(2)3)26(33)31-14-12-30(13-15-31)22-16-19(6)27-24(28-22)18(4)5/h8-11,16-18,23H,7,12-15H2,1-6H3,(H,29,32)/t23-/m0/s1. The molecular formula is C26H37N5O3. The van der Waals surface area contributed by atoms with Crippen LogP contribution in [0.2, 0.25) is 0 Å². The highest BCUT2D eigenvalue weighted by atomic mass is 16.5. The van der Waals surface area contributed by atoms with Gasteiger partial charge in [-0.15, -0.1) is 0 Å². The largest absolute Gasteiger partial charge is 0.494 e. The Morgan fingerprint density at radius 2 is 1.68 bits per heavy atom. The lowest BCUT2D eigenvalue weighted by Crippen LogP contribution is -2.56. The molecule has 3 rings (SSSR count). The van der Waals surface area contributed by atoms with Gasteiger partial charge in [0.15, 0.2) is 0 Å². The van der Waals surface area contributed by atoms with E-state index in [1.807, 2.05) is 38.7 Å². The van der Waals surface area contributed by atoms with Gasteiger partial charge < -0.3 is 19.9 Å². The molecule has 1 aliphatic heterocycles. The zero-order chi connectivity index (χ0) is 24.8. The van der Waals surface area contributed by atoms with Crippen molar-refractivity contribution < 1.29 is 14.3 Å². The van der Waals surface area contributed by atoms with Crippen LogP contribution in [0.25, 0.3) is 0 Å². The maximum atomic E-state index is 13.3. The van der Waals surface area contributed by atoms with Crippen LogP contribution < -0.4 is 15.0 Å². The zero-order valence-electron chi connectivity index (χ0n) is 21.2. The molecular weight excluding hydrogens is 430 g/mol. The summed E-state index contributed by atoms with van der Waals surface area (Å²) in [4.78, 5) is 39.5. The van der Waals surface area contributed by atoms with Gasteiger partial charge in [-0.3, -0.25) is 9.59 Å². The van der Waals surface area contributed by atoms with Gasteiger partial charge in [-0.2, -0.15) is 0 Å². The van der Waals surface area contributed by atoms with E-state index in [0.29, 0.717) is 44.1 Å². The van der Waals surface area contributed by atoms with E-state index in [1.54, 1.807) is 24.3 Å². The summed E-state index contributed by atoms with van der Waals surface area (Å²) in [7, 11) is 0. The lowest BCUT2D eigenvalue weighted by atomic mass is 10.0. The van der Waals surface area contributed by atoms with Gasteiger partial charge in [0.1, 0.15) is 23.4 Å². The summed E-state index contributed by atoms with van der Waals surface area (Å²) in [5, 5.41) is 2.95. The smallest absolute Gasteiger partial charge is 0.251 e. The zero-order valence-corrected chi connectivity index (χ0v) is 21.2. The summed E-state index contributed by atoms with van der Waals surface area (Å²) >= 11 is 0. The van der Waals surface area contributed by atoms with Crippen molar-refractivity contribution in [2.75, 3.05) is 37.7 Å². The fourth-order valence-electron chi connectivity index (χ4n) is 3.95. The summed E-state index contributed by atoms with van der Waals surface area (Å²) in [5.41, 5.74) is 1.45. The second-order valence-electron chi connectivity index (χ2n) is 9.35. The van der Waals surface area contributed by atoms with Crippen molar-refractivity contribution in [2.45, 2.75) is 53.5 Å². The fourth-order valence-corrected chi connectivity index (χ4v) is 3.95. The second-order valence-corrected chi connectivity index (χ2v) is 9.35. The predicted molar refractivity (Wildman–Crippen MR) is 133 cm³/mol. The maximum Gasteiger partial charge on any atom is 0.251 e. The number of aromatic nitrogens is 2. The third-order valence-electron chi connectivity index (χ3n) is 5.94. The quantitative estimate of drug-likeness (QED) is 0.640. The summed E-state index contributed by atoms with van der Waals surface area (Å²) in [6.07, 6.45) is 0. The number of hydrogen-bond donors (Lipinski definition) is 1. The Labute approximate surface area is 202 Å². The Morgan fingerprint density at radius 3 is 2.24 bits per heavy atom. The van der Waals surface area contributed by atoms with Crippen molar-refractivity contribution in [1.82, 2.24) is 20.2 Å². The van der Waals surface area contributed by atoms with Crippen LogP contribution in [0.5, 0.6) is 5.75 Å². The van der Waals surface area contributed by atoms with Crippen molar-refractivity contribution in [3.63, 3.8) is 0 Å². The number of benzene rings is 1. The molecule has 34 heavy (non-hydrogen) atoms. The summed E-state index contributed by atoms with van der Waals surface area (Å²) in [6, 6.07) is 8.38. The van der Waals surface area contributed by atoms with Gasteiger partial charge in [0.05, 0.1) is 6.61 Å². The number of carbonyl (C=O) groups is 2. The fraction of sp³-hybridized carbons (Fsp3) is 0.538. The van der Waals surface area contributed by atoms with E-state index in [0.717, 1.165) is 17.3 Å². The first kappa shape index (κ1) is 25.5. The Kier molecular flexibility index (Phi) is 8.47. The predicted octanol–water partition coefficient (Wildman–Crippen LogP) is 3.41. The number of piperazine rings is 1. The molecule has 0 bridgehead atoms. The second kappa shape index (κ2) is 11.3. The van der Waals surface area contributed by atoms with E-state index in [1.165, 1.54) is 0 Å². The highest BCUT2D eigenvalue weighted by Crippen LogP contribution is 2.20. The highest BCUT2D eigenvalue weighted by Gasteiger charge is 2.31. The van der Waals surface area contributed by atoms with Crippen LogP contribution in [0.4, 0.5) is 5.82 Å². The van der Waals surface area contributed by atoms with Crippen LogP contribution in [-0.4, -0.2) is 65.5 Å². The Morgan fingerprint density at radius 1 is 1.03 bits per heavy atom. The number of hydrogen-bond acceptors (Lipinski definition) is 6. The van der Waals surface area contributed by atoms with Crippen LogP contribution in [0.1, 0.15) is 62.4 Å². The molecule has 0 saturated carbocycles. The first-order valence-electron chi connectivity index (χ1n) is 12.1. The summed E-state index contributed by atoms with van der Waals surface area (Å²) < 4.78 is 5.44. The number of nitrogens with one attached hydrogen (secondary N) is 1. The van der Waals surface area contributed by atoms with Gasteiger partial charge in [-0.1, -0.05) is 27.7 Å². The molecule has 0 aliphatic carbocycles. The molecule has 0 unspecified atom stereocenters. The molecule has 1 saturated heterocycles. The highest BCUT2D eigenvalue weighted by molar-refractivity contribution is 5.97. The molecule has 2 heterocycles. The molecule has 2 amide bonds. The monoisotopic (exact) mass is 467 g/mol. The lowest BCUT2D eigenvalue weighted by Gasteiger charge is -2.38. The van der Waals surface area contributed by atoms with Crippen LogP contribution in [-0.2, 0) is 4.79 Å².